The zero-order chi connectivity index (χ0) is 9.40. The molecule has 0 saturated heterocycles. The maximum absolute atomic E-state index is 3.69. The van der Waals surface area contributed by atoms with Gasteiger partial charge in [-0.25, -0.2) is 0 Å². The molecule has 0 atom stereocenters. The molecule has 1 aromatic rings. The predicted octanol–water partition coefficient (Wildman–Crippen LogP) is 3.60. The van der Waals surface area contributed by atoms with Gasteiger partial charge in [-0.15, -0.1) is 5.73 Å². The Kier molecular flexibility index (Phi) is 5.42. The van der Waals surface area contributed by atoms with E-state index in [1.807, 2.05) is 18.2 Å². The fraction of sp³-hybridized carbons (Fsp3) is 0.0833. The van der Waals surface area contributed by atoms with Crippen LogP contribution >= 0.6 is 0 Å². The first-order chi connectivity index (χ1) is 5.76. The van der Waals surface area contributed by atoms with Crippen molar-refractivity contribution in [2.75, 3.05) is 0 Å². The molecule has 1 rings (SSSR count). The summed E-state index contributed by atoms with van der Waals surface area (Å²) < 4.78 is 0. The highest BCUT2D eigenvalue weighted by Gasteiger charge is 1.86. The standard InChI is InChI=1S/C9H10.C3H4/c1-3-9-7-5-4-6-8(9)2;1-3-2/h3-7H,1H2,2H3;1-2H2. The van der Waals surface area contributed by atoms with Crippen molar-refractivity contribution in [3.05, 3.63) is 60.9 Å². The molecule has 0 N–H and O–H groups in total. The molecule has 62 valence electrons. The SMILES string of the molecule is C=C=C.C=Cc1ccccc1C. The third-order valence-corrected chi connectivity index (χ3v) is 1.41. The van der Waals surface area contributed by atoms with Crippen LogP contribution in [0.2, 0.25) is 0 Å². The summed E-state index contributed by atoms with van der Waals surface area (Å²) in [5.41, 5.74) is 4.75. The molecule has 0 saturated carbocycles. The third-order valence-electron chi connectivity index (χ3n) is 1.41. The molecule has 0 bridgehead atoms. The smallest absolute Gasteiger partial charge is 0.0233 e. The van der Waals surface area contributed by atoms with Gasteiger partial charge < -0.3 is 0 Å². The van der Waals surface area contributed by atoms with Gasteiger partial charge in [0, 0.05) is 0 Å². The molecule has 12 heavy (non-hydrogen) atoms. The maximum Gasteiger partial charge on any atom is -0.0233 e. The van der Waals surface area contributed by atoms with Gasteiger partial charge in [0.15, 0.2) is 0 Å². The quantitative estimate of drug-likeness (QED) is 0.548. The Labute approximate surface area is 74.6 Å². The van der Waals surface area contributed by atoms with E-state index in [1.165, 1.54) is 11.1 Å². The second-order valence-corrected chi connectivity index (χ2v) is 2.31. The molecule has 0 fully saturated rings. The van der Waals surface area contributed by atoms with E-state index in [0.29, 0.717) is 0 Å². The molecule has 0 nitrogen and oxygen atoms in total. The summed E-state index contributed by atoms with van der Waals surface area (Å²) in [4.78, 5) is 0. The molecule has 0 aliphatic heterocycles. The third kappa shape index (κ3) is 3.60. The average Bonchev–Trinajstić information content (AvgIpc) is 2.07. The van der Waals surface area contributed by atoms with Crippen LogP contribution in [0.1, 0.15) is 11.1 Å². The van der Waals surface area contributed by atoms with Crippen LogP contribution in [0.5, 0.6) is 0 Å². The van der Waals surface area contributed by atoms with E-state index < -0.39 is 0 Å². The predicted molar refractivity (Wildman–Crippen MR) is 56.0 cm³/mol. The monoisotopic (exact) mass is 158 g/mol. The second kappa shape index (κ2) is 6.21. The first-order valence-electron chi connectivity index (χ1n) is 3.73. The Balaban J connectivity index is 0.000000354. The first-order valence-corrected chi connectivity index (χ1v) is 3.73. The van der Waals surface area contributed by atoms with Gasteiger partial charge in [0.1, 0.15) is 0 Å². The van der Waals surface area contributed by atoms with E-state index >= 15 is 0 Å². The minimum absolute atomic E-state index is 1.22. The zero-order valence-corrected chi connectivity index (χ0v) is 7.51. The molecule has 0 heterocycles. The summed E-state index contributed by atoms with van der Waals surface area (Å²) in [6.07, 6.45) is 1.87. The van der Waals surface area contributed by atoms with Gasteiger partial charge >= 0.3 is 0 Å². The van der Waals surface area contributed by atoms with Crippen LogP contribution in [0.3, 0.4) is 0 Å². The molecule has 0 aliphatic rings. The lowest BCUT2D eigenvalue weighted by Crippen LogP contribution is -1.75. The van der Waals surface area contributed by atoms with Crippen LogP contribution in [-0.4, -0.2) is 0 Å². The van der Waals surface area contributed by atoms with Crippen LogP contribution in [0.15, 0.2) is 49.7 Å². The van der Waals surface area contributed by atoms with Crippen LogP contribution in [0, 0.1) is 6.92 Å². The van der Waals surface area contributed by atoms with Gasteiger partial charge in [-0.3, -0.25) is 0 Å². The van der Waals surface area contributed by atoms with Gasteiger partial charge in [0.2, 0.25) is 0 Å². The normalized spacial score (nSPS) is 7.42. The molecule has 0 radical (unpaired) electrons. The number of rotatable bonds is 1. The molecule has 0 aromatic heterocycles. The Morgan fingerprint density at radius 2 is 1.75 bits per heavy atom. The zero-order valence-electron chi connectivity index (χ0n) is 7.51. The van der Waals surface area contributed by atoms with E-state index in [4.69, 9.17) is 0 Å². The van der Waals surface area contributed by atoms with E-state index in [1.54, 1.807) is 0 Å². The Bertz CT molecular complexity index is 276. The lowest BCUT2D eigenvalue weighted by molar-refractivity contribution is 1.45. The average molecular weight is 158 g/mol. The van der Waals surface area contributed by atoms with Gasteiger partial charge in [0.25, 0.3) is 0 Å². The second-order valence-electron chi connectivity index (χ2n) is 2.31. The number of hydrogen-bond acceptors (Lipinski definition) is 0. The fourth-order valence-corrected chi connectivity index (χ4v) is 0.816. The van der Waals surface area contributed by atoms with E-state index in [9.17, 15) is 0 Å². The molecule has 0 aliphatic carbocycles. The summed E-state index contributed by atoms with van der Waals surface area (Å²) in [6, 6.07) is 8.19. The van der Waals surface area contributed by atoms with Crippen LogP contribution in [-0.2, 0) is 0 Å². The van der Waals surface area contributed by atoms with Crippen LogP contribution in [0.4, 0.5) is 0 Å². The van der Waals surface area contributed by atoms with Gasteiger partial charge in [0.05, 0.1) is 0 Å². The Hall–Kier alpha value is -1.52. The lowest BCUT2D eigenvalue weighted by atomic mass is 10.1. The molecule has 0 heteroatoms. The van der Waals surface area contributed by atoms with Crippen molar-refractivity contribution in [3.8, 4) is 0 Å². The number of aryl methyl sites for hydroxylation is 1. The number of hydrogen-bond donors (Lipinski definition) is 0. The fourth-order valence-electron chi connectivity index (χ4n) is 0.816. The first kappa shape index (κ1) is 10.5. The topological polar surface area (TPSA) is 0 Å². The van der Waals surface area contributed by atoms with Crippen molar-refractivity contribution in [2.24, 2.45) is 0 Å². The minimum Gasteiger partial charge on any atom is -0.137 e. The lowest BCUT2D eigenvalue weighted by Gasteiger charge is -1.95. The van der Waals surface area contributed by atoms with E-state index in [0.717, 1.165) is 0 Å². The van der Waals surface area contributed by atoms with Gasteiger partial charge in [-0.05, 0) is 18.1 Å². The maximum atomic E-state index is 3.69. The Morgan fingerprint density at radius 1 is 1.25 bits per heavy atom. The molecule has 1 aromatic carbocycles. The summed E-state index contributed by atoms with van der Waals surface area (Å²) in [6.45, 7) is 12.0. The van der Waals surface area contributed by atoms with Gasteiger partial charge in [-0.1, -0.05) is 50.1 Å². The van der Waals surface area contributed by atoms with Crippen molar-refractivity contribution >= 4 is 6.08 Å². The molecular weight excluding hydrogens is 144 g/mol. The van der Waals surface area contributed by atoms with Crippen molar-refractivity contribution in [1.82, 2.24) is 0 Å². The highest BCUT2D eigenvalue weighted by atomic mass is 13.9. The van der Waals surface area contributed by atoms with Crippen LogP contribution < -0.4 is 0 Å². The summed E-state index contributed by atoms with van der Waals surface area (Å²) >= 11 is 0. The summed E-state index contributed by atoms with van der Waals surface area (Å²) in [5.74, 6) is 0. The molecular formula is C12H14. The van der Waals surface area contributed by atoms with Gasteiger partial charge in [-0.2, -0.15) is 0 Å². The summed E-state index contributed by atoms with van der Waals surface area (Å²) in [7, 11) is 0. The van der Waals surface area contributed by atoms with Crippen molar-refractivity contribution in [3.63, 3.8) is 0 Å². The highest BCUT2D eigenvalue weighted by molar-refractivity contribution is 5.50. The van der Waals surface area contributed by atoms with E-state index in [-0.39, 0.29) is 0 Å². The molecule has 0 spiro atoms. The van der Waals surface area contributed by atoms with E-state index in [2.05, 4.69) is 44.5 Å². The molecule has 0 amide bonds. The van der Waals surface area contributed by atoms with Crippen molar-refractivity contribution in [2.45, 2.75) is 6.92 Å². The van der Waals surface area contributed by atoms with Crippen molar-refractivity contribution < 1.29 is 0 Å². The summed E-state index contributed by atoms with van der Waals surface area (Å²) in [5, 5.41) is 0. The Morgan fingerprint density at radius 3 is 2.08 bits per heavy atom. The van der Waals surface area contributed by atoms with Crippen molar-refractivity contribution in [1.29, 1.82) is 0 Å². The highest BCUT2D eigenvalue weighted by Crippen LogP contribution is 2.06. The molecule has 0 unspecified atom stereocenters. The minimum atomic E-state index is 1.22. The number of benzene rings is 1. The largest absolute Gasteiger partial charge is 0.137 e. The van der Waals surface area contributed by atoms with Crippen LogP contribution in [0.25, 0.3) is 6.08 Å².